The molecule has 10 heteroatoms. The molecule has 4 atom stereocenters. The van der Waals surface area contributed by atoms with Crippen LogP contribution in [-0.2, 0) is 17.5 Å². The standard InChI is InChI=1S/C25H31F3N6O/c26-25(27,28)19-6-7-30-22(12-19)31-24(35)23-20-11-17(4-5-21(20)32-33-23)18-10-16(13-29-14-18)15-34-8-2-1-3-9-34/h6-7,10,12-14,17,20-21,23,32-33H,1-5,8-9,11,15H2,(H,30,31,35). The van der Waals surface area contributed by atoms with Crippen molar-refractivity contribution in [2.45, 2.75) is 69.2 Å². The van der Waals surface area contributed by atoms with Gasteiger partial charge in [-0.3, -0.25) is 20.1 Å². The van der Waals surface area contributed by atoms with Gasteiger partial charge in [-0.05, 0) is 74.4 Å². The second-order valence-electron chi connectivity index (χ2n) is 9.93. The largest absolute Gasteiger partial charge is 0.416 e. The number of hydrogen-bond acceptors (Lipinski definition) is 6. The molecule has 2 saturated heterocycles. The number of likely N-dealkylation sites (tertiary alicyclic amines) is 1. The lowest BCUT2D eigenvalue weighted by Gasteiger charge is -2.33. The summed E-state index contributed by atoms with van der Waals surface area (Å²) >= 11 is 0. The summed E-state index contributed by atoms with van der Waals surface area (Å²) in [5.74, 6) is -0.175. The van der Waals surface area contributed by atoms with Crippen LogP contribution in [0.15, 0.2) is 36.8 Å². The van der Waals surface area contributed by atoms with Crippen molar-refractivity contribution in [1.82, 2.24) is 25.7 Å². The van der Waals surface area contributed by atoms with Crippen LogP contribution in [0.1, 0.15) is 61.1 Å². The van der Waals surface area contributed by atoms with Gasteiger partial charge >= 0.3 is 6.18 Å². The molecule has 1 amide bonds. The van der Waals surface area contributed by atoms with Crippen molar-refractivity contribution in [3.63, 3.8) is 0 Å². The molecular weight excluding hydrogens is 457 g/mol. The smallest absolute Gasteiger partial charge is 0.309 e. The average Bonchev–Trinajstić information content (AvgIpc) is 3.28. The number of nitrogens with one attached hydrogen (secondary N) is 3. The third-order valence-electron chi connectivity index (χ3n) is 7.52. The molecule has 3 aliphatic rings. The van der Waals surface area contributed by atoms with Gasteiger partial charge in [0.15, 0.2) is 0 Å². The van der Waals surface area contributed by atoms with Crippen LogP contribution in [0.5, 0.6) is 0 Å². The number of carbonyl (C=O) groups excluding carboxylic acids is 1. The summed E-state index contributed by atoms with van der Waals surface area (Å²) in [6.07, 6.45) is 6.95. The summed E-state index contributed by atoms with van der Waals surface area (Å²) in [6.45, 7) is 3.18. The molecule has 3 N–H and O–H groups in total. The molecule has 2 aromatic heterocycles. The highest BCUT2D eigenvalue weighted by Crippen LogP contribution is 2.40. The number of hydrazine groups is 1. The van der Waals surface area contributed by atoms with Crippen LogP contribution in [0.25, 0.3) is 0 Å². The van der Waals surface area contributed by atoms with Crippen LogP contribution < -0.4 is 16.2 Å². The maximum absolute atomic E-state index is 13.0. The Labute approximate surface area is 202 Å². The molecular formula is C25H31F3N6O. The van der Waals surface area contributed by atoms with E-state index in [0.717, 1.165) is 57.2 Å². The summed E-state index contributed by atoms with van der Waals surface area (Å²) in [4.78, 5) is 23.9. The zero-order chi connectivity index (χ0) is 24.4. The molecule has 2 aliphatic heterocycles. The van der Waals surface area contributed by atoms with E-state index in [-0.39, 0.29) is 29.6 Å². The molecule has 35 heavy (non-hydrogen) atoms. The van der Waals surface area contributed by atoms with E-state index in [1.807, 2.05) is 12.4 Å². The number of rotatable bonds is 5. The lowest BCUT2D eigenvalue weighted by Crippen LogP contribution is -2.42. The maximum atomic E-state index is 13.0. The monoisotopic (exact) mass is 488 g/mol. The zero-order valence-corrected chi connectivity index (χ0v) is 19.5. The highest BCUT2D eigenvalue weighted by Gasteiger charge is 2.44. The van der Waals surface area contributed by atoms with Gasteiger partial charge < -0.3 is 5.32 Å². The van der Waals surface area contributed by atoms with Crippen LogP contribution in [0.3, 0.4) is 0 Å². The Kier molecular flexibility index (Phi) is 7.04. The van der Waals surface area contributed by atoms with E-state index in [4.69, 9.17) is 0 Å². The Hall–Kier alpha value is -2.56. The number of alkyl halides is 3. The molecule has 0 radical (unpaired) electrons. The Morgan fingerprint density at radius 2 is 1.94 bits per heavy atom. The zero-order valence-electron chi connectivity index (χ0n) is 19.5. The van der Waals surface area contributed by atoms with Gasteiger partial charge in [0.25, 0.3) is 0 Å². The SMILES string of the molecule is O=C(Nc1cc(C(F)(F)F)ccn1)C1NNC2CCC(c3cncc(CN4CCCCC4)c3)CC21. The number of hydrogen-bond donors (Lipinski definition) is 3. The first-order valence-corrected chi connectivity index (χ1v) is 12.4. The molecule has 2 aromatic rings. The van der Waals surface area contributed by atoms with Crippen LogP contribution >= 0.6 is 0 Å². The van der Waals surface area contributed by atoms with Crippen molar-refractivity contribution in [2.75, 3.05) is 18.4 Å². The molecule has 5 rings (SSSR count). The number of pyridine rings is 2. The van der Waals surface area contributed by atoms with Gasteiger partial charge in [0.1, 0.15) is 11.9 Å². The molecule has 7 nitrogen and oxygen atoms in total. The molecule has 4 heterocycles. The van der Waals surface area contributed by atoms with E-state index in [1.165, 1.54) is 30.4 Å². The molecule has 4 unspecified atom stereocenters. The first kappa shape index (κ1) is 24.1. The van der Waals surface area contributed by atoms with Crippen LogP contribution in [0, 0.1) is 5.92 Å². The lowest BCUT2D eigenvalue weighted by atomic mass is 9.73. The third kappa shape index (κ3) is 5.65. The van der Waals surface area contributed by atoms with Crippen molar-refractivity contribution in [3.8, 4) is 0 Å². The fraction of sp³-hybridized carbons (Fsp3) is 0.560. The Morgan fingerprint density at radius 3 is 2.74 bits per heavy atom. The first-order valence-electron chi connectivity index (χ1n) is 12.4. The van der Waals surface area contributed by atoms with Gasteiger partial charge in [-0.2, -0.15) is 13.2 Å². The van der Waals surface area contributed by atoms with Gasteiger partial charge in [-0.15, -0.1) is 0 Å². The molecule has 1 aliphatic carbocycles. The van der Waals surface area contributed by atoms with Crippen molar-refractivity contribution in [3.05, 3.63) is 53.5 Å². The molecule has 188 valence electrons. The fourth-order valence-corrected chi connectivity index (χ4v) is 5.69. The first-order chi connectivity index (χ1) is 16.9. The minimum atomic E-state index is -4.49. The molecule has 1 saturated carbocycles. The van der Waals surface area contributed by atoms with Gasteiger partial charge in [0.2, 0.25) is 5.91 Å². The lowest BCUT2D eigenvalue weighted by molar-refractivity contribution is -0.137. The highest BCUT2D eigenvalue weighted by molar-refractivity contribution is 5.94. The fourth-order valence-electron chi connectivity index (χ4n) is 5.69. The summed E-state index contributed by atoms with van der Waals surface area (Å²) in [6, 6.07) is 3.59. The molecule has 0 bridgehead atoms. The molecule has 3 fully saturated rings. The second-order valence-corrected chi connectivity index (χ2v) is 9.93. The highest BCUT2D eigenvalue weighted by atomic mass is 19.4. The predicted octanol–water partition coefficient (Wildman–Crippen LogP) is 3.85. The van der Waals surface area contributed by atoms with E-state index < -0.39 is 17.8 Å². The Morgan fingerprint density at radius 1 is 1.11 bits per heavy atom. The second kappa shape index (κ2) is 10.2. The molecule has 0 spiro atoms. The van der Waals surface area contributed by atoms with E-state index in [0.29, 0.717) is 0 Å². The Bertz CT molecular complexity index is 1040. The summed E-state index contributed by atoms with van der Waals surface area (Å²) in [7, 11) is 0. The topological polar surface area (TPSA) is 82.2 Å². The number of fused-ring (bicyclic) bond motifs is 1. The minimum Gasteiger partial charge on any atom is -0.309 e. The van der Waals surface area contributed by atoms with E-state index >= 15 is 0 Å². The van der Waals surface area contributed by atoms with Gasteiger partial charge in [0.05, 0.1) is 5.56 Å². The van der Waals surface area contributed by atoms with Crippen LogP contribution in [0.4, 0.5) is 19.0 Å². The van der Waals surface area contributed by atoms with Crippen molar-refractivity contribution < 1.29 is 18.0 Å². The van der Waals surface area contributed by atoms with Crippen molar-refractivity contribution in [2.24, 2.45) is 5.92 Å². The van der Waals surface area contributed by atoms with Gasteiger partial charge in [0, 0.05) is 37.1 Å². The number of piperidine rings is 1. The van der Waals surface area contributed by atoms with Crippen LogP contribution in [-0.4, -0.2) is 45.9 Å². The van der Waals surface area contributed by atoms with Gasteiger partial charge in [-0.1, -0.05) is 12.5 Å². The summed E-state index contributed by atoms with van der Waals surface area (Å²) in [5.41, 5.74) is 7.86. The average molecular weight is 489 g/mol. The minimum absolute atomic E-state index is 0.0188. The maximum Gasteiger partial charge on any atom is 0.416 e. The van der Waals surface area contributed by atoms with Crippen LogP contribution in [0.2, 0.25) is 0 Å². The van der Waals surface area contributed by atoms with Crippen molar-refractivity contribution in [1.29, 1.82) is 0 Å². The predicted molar refractivity (Wildman–Crippen MR) is 125 cm³/mol. The summed E-state index contributed by atoms with van der Waals surface area (Å²) in [5, 5.41) is 2.57. The third-order valence-corrected chi connectivity index (χ3v) is 7.52. The number of anilines is 1. The quantitative estimate of drug-likeness (QED) is 0.593. The van der Waals surface area contributed by atoms with E-state index in [9.17, 15) is 18.0 Å². The van der Waals surface area contributed by atoms with E-state index in [2.05, 4.69) is 37.1 Å². The number of halogens is 3. The Balaban J connectivity index is 1.25. The van der Waals surface area contributed by atoms with Gasteiger partial charge in [-0.25, -0.2) is 10.4 Å². The number of nitrogens with zero attached hydrogens (tertiary/aromatic N) is 3. The number of carbonyl (C=O) groups is 1. The van der Waals surface area contributed by atoms with E-state index in [1.54, 1.807) is 0 Å². The number of aromatic nitrogens is 2. The molecule has 0 aromatic carbocycles. The normalized spacial score (nSPS) is 27.4. The van der Waals surface area contributed by atoms with Crippen molar-refractivity contribution >= 4 is 11.7 Å². The number of amides is 1. The summed E-state index contributed by atoms with van der Waals surface area (Å²) < 4.78 is 39.1.